The minimum absolute atomic E-state index is 0.0347. The van der Waals surface area contributed by atoms with Gasteiger partial charge < -0.3 is 15.1 Å². The number of nitrogens with zero attached hydrogens (tertiary/aromatic N) is 2. The molecule has 5 heteroatoms. The molecule has 1 aromatic rings. The van der Waals surface area contributed by atoms with Crippen molar-refractivity contribution in [3.63, 3.8) is 0 Å². The molecule has 0 bridgehead atoms. The number of carbonyl (C=O) groups is 2. The molecule has 1 saturated carbocycles. The van der Waals surface area contributed by atoms with Gasteiger partial charge >= 0.3 is 0 Å². The molecule has 2 aliphatic heterocycles. The zero-order chi connectivity index (χ0) is 17.3. The number of benzene rings is 1. The fraction of sp³-hybridized carbons (Fsp3) is 0.600. The molecular formula is C20H27N3O2. The van der Waals surface area contributed by atoms with E-state index in [9.17, 15) is 9.59 Å². The maximum absolute atomic E-state index is 12.7. The first-order valence-corrected chi connectivity index (χ1v) is 9.65. The largest absolute Gasteiger partial charge is 0.372 e. The Balaban J connectivity index is 1.39. The first-order valence-electron chi connectivity index (χ1n) is 9.65. The van der Waals surface area contributed by atoms with E-state index in [1.54, 1.807) is 0 Å². The van der Waals surface area contributed by atoms with E-state index in [1.807, 2.05) is 17.0 Å². The zero-order valence-electron chi connectivity index (χ0n) is 14.8. The van der Waals surface area contributed by atoms with E-state index < -0.39 is 5.41 Å². The Bertz CT molecular complexity index is 639. The Kier molecular flexibility index (Phi) is 4.40. The van der Waals surface area contributed by atoms with Gasteiger partial charge in [-0.25, -0.2) is 0 Å². The van der Waals surface area contributed by atoms with Crippen molar-refractivity contribution in [2.24, 2.45) is 5.41 Å². The summed E-state index contributed by atoms with van der Waals surface area (Å²) >= 11 is 0. The van der Waals surface area contributed by atoms with Crippen molar-refractivity contribution in [3.8, 4) is 0 Å². The highest BCUT2D eigenvalue weighted by Gasteiger charge is 2.58. The summed E-state index contributed by atoms with van der Waals surface area (Å²) in [5, 5.41) is 2.97. The molecule has 1 N–H and O–H groups in total. The molecule has 25 heavy (non-hydrogen) atoms. The van der Waals surface area contributed by atoms with Gasteiger partial charge in [-0.05, 0) is 69.2 Å². The lowest BCUT2D eigenvalue weighted by Gasteiger charge is -2.29. The summed E-state index contributed by atoms with van der Waals surface area (Å²) in [6.07, 6.45) is 7.29. The van der Waals surface area contributed by atoms with Crippen molar-refractivity contribution in [3.05, 3.63) is 24.3 Å². The maximum atomic E-state index is 12.7. The number of likely N-dealkylation sites (tertiary alicyclic amines) is 1. The summed E-state index contributed by atoms with van der Waals surface area (Å²) in [5.41, 5.74) is 1.20. The first-order chi connectivity index (χ1) is 12.2. The molecule has 2 heterocycles. The SMILES string of the molecule is O=C(Nc1ccc(N2CCCCC2)cc1)C1(C(=O)N2CCCC2)CC1. The van der Waals surface area contributed by atoms with Crippen molar-refractivity contribution in [1.29, 1.82) is 0 Å². The second-order valence-corrected chi connectivity index (χ2v) is 7.63. The number of hydrogen-bond acceptors (Lipinski definition) is 3. The van der Waals surface area contributed by atoms with Crippen molar-refractivity contribution >= 4 is 23.2 Å². The number of hydrogen-bond donors (Lipinski definition) is 1. The van der Waals surface area contributed by atoms with E-state index in [0.717, 1.165) is 44.7 Å². The lowest BCUT2D eigenvalue weighted by molar-refractivity contribution is -0.141. The molecule has 0 atom stereocenters. The molecule has 0 aromatic heterocycles. The van der Waals surface area contributed by atoms with E-state index >= 15 is 0 Å². The van der Waals surface area contributed by atoms with Crippen molar-refractivity contribution < 1.29 is 9.59 Å². The summed E-state index contributed by atoms with van der Waals surface area (Å²) in [6, 6.07) is 8.06. The summed E-state index contributed by atoms with van der Waals surface area (Å²) in [6.45, 7) is 3.83. The van der Waals surface area contributed by atoms with Crippen LogP contribution < -0.4 is 10.2 Å². The number of rotatable bonds is 4. The third-order valence-electron chi connectivity index (χ3n) is 5.83. The van der Waals surface area contributed by atoms with Gasteiger partial charge in [-0.1, -0.05) is 0 Å². The number of amides is 2. The van der Waals surface area contributed by atoms with Crippen molar-refractivity contribution in [2.45, 2.75) is 44.9 Å². The van der Waals surface area contributed by atoms with Crippen LogP contribution in [-0.4, -0.2) is 42.9 Å². The smallest absolute Gasteiger partial charge is 0.240 e. The minimum atomic E-state index is -0.796. The minimum Gasteiger partial charge on any atom is -0.372 e. The van der Waals surface area contributed by atoms with E-state index in [2.05, 4.69) is 22.3 Å². The molecule has 134 valence electrons. The number of anilines is 2. The Morgan fingerprint density at radius 3 is 2.04 bits per heavy atom. The molecule has 1 aromatic carbocycles. The molecule has 1 aliphatic carbocycles. The van der Waals surface area contributed by atoms with Crippen LogP contribution in [0, 0.1) is 5.41 Å². The normalized spacial score (nSPS) is 21.9. The number of piperidine rings is 1. The average Bonchev–Trinajstić information content (AvgIpc) is 3.29. The Hall–Kier alpha value is -2.04. The van der Waals surface area contributed by atoms with Crippen molar-refractivity contribution in [2.75, 3.05) is 36.4 Å². The highest BCUT2D eigenvalue weighted by molar-refractivity contribution is 6.13. The molecule has 5 nitrogen and oxygen atoms in total. The van der Waals surface area contributed by atoms with Gasteiger partial charge in [-0.2, -0.15) is 0 Å². The molecule has 0 unspecified atom stereocenters. The van der Waals surface area contributed by atoms with E-state index in [1.165, 1.54) is 24.9 Å². The molecule has 4 rings (SSSR count). The van der Waals surface area contributed by atoms with Gasteiger partial charge in [-0.3, -0.25) is 9.59 Å². The van der Waals surface area contributed by atoms with Crippen LogP contribution in [0.2, 0.25) is 0 Å². The highest BCUT2D eigenvalue weighted by Crippen LogP contribution is 2.48. The number of nitrogens with one attached hydrogen (secondary N) is 1. The van der Waals surface area contributed by atoms with Gasteiger partial charge in [0.25, 0.3) is 0 Å². The molecular weight excluding hydrogens is 314 g/mol. The predicted molar refractivity (Wildman–Crippen MR) is 98.6 cm³/mol. The standard InChI is InChI=1S/C20H27N3O2/c24-18(20(10-11-20)19(25)23-14-4-5-15-23)21-16-6-8-17(9-7-16)22-12-2-1-3-13-22/h6-9H,1-5,10-15H2,(H,21,24). The Morgan fingerprint density at radius 2 is 1.44 bits per heavy atom. The fourth-order valence-corrected chi connectivity index (χ4v) is 4.04. The highest BCUT2D eigenvalue weighted by atomic mass is 16.2. The molecule has 2 amide bonds. The summed E-state index contributed by atoms with van der Waals surface area (Å²) in [7, 11) is 0. The lowest BCUT2D eigenvalue weighted by atomic mass is 10.0. The van der Waals surface area contributed by atoms with Gasteiger partial charge in [0.1, 0.15) is 5.41 Å². The van der Waals surface area contributed by atoms with E-state index in [-0.39, 0.29) is 11.8 Å². The van der Waals surface area contributed by atoms with Crippen molar-refractivity contribution in [1.82, 2.24) is 4.90 Å². The first kappa shape index (κ1) is 16.4. The topological polar surface area (TPSA) is 52.7 Å². The summed E-state index contributed by atoms with van der Waals surface area (Å²) < 4.78 is 0. The predicted octanol–water partition coefficient (Wildman–Crippen LogP) is 3.02. The van der Waals surface area contributed by atoms with Crippen LogP contribution >= 0.6 is 0 Å². The lowest BCUT2D eigenvalue weighted by Crippen LogP contribution is -2.41. The van der Waals surface area contributed by atoms with E-state index in [0.29, 0.717) is 12.8 Å². The van der Waals surface area contributed by atoms with Gasteiger partial charge in [-0.15, -0.1) is 0 Å². The van der Waals surface area contributed by atoms with Crippen LogP contribution in [0.15, 0.2) is 24.3 Å². The third-order valence-corrected chi connectivity index (χ3v) is 5.83. The van der Waals surface area contributed by atoms with Gasteiger partial charge in [0.05, 0.1) is 0 Å². The summed E-state index contributed by atoms with van der Waals surface area (Å²) in [5.74, 6) is -0.0949. The fourth-order valence-electron chi connectivity index (χ4n) is 4.04. The molecule has 3 fully saturated rings. The maximum Gasteiger partial charge on any atom is 0.240 e. The molecule has 0 spiro atoms. The quantitative estimate of drug-likeness (QED) is 0.857. The second kappa shape index (κ2) is 6.70. The number of carbonyl (C=O) groups excluding carboxylic acids is 2. The Morgan fingerprint density at radius 1 is 0.840 bits per heavy atom. The third kappa shape index (κ3) is 3.24. The van der Waals surface area contributed by atoms with Gasteiger partial charge in [0, 0.05) is 37.6 Å². The van der Waals surface area contributed by atoms with Crippen LogP contribution in [0.5, 0.6) is 0 Å². The summed E-state index contributed by atoms with van der Waals surface area (Å²) in [4.78, 5) is 29.7. The second-order valence-electron chi connectivity index (χ2n) is 7.63. The van der Waals surface area contributed by atoms with Crippen LogP contribution in [0.25, 0.3) is 0 Å². The van der Waals surface area contributed by atoms with Crippen LogP contribution in [0.1, 0.15) is 44.9 Å². The van der Waals surface area contributed by atoms with E-state index in [4.69, 9.17) is 0 Å². The van der Waals surface area contributed by atoms with Gasteiger partial charge in [0.2, 0.25) is 11.8 Å². The van der Waals surface area contributed by atoms with Crippen LogP contribution in [0.4, 0.5) is 11.4 Å². The molecule has 2 saturated heterocycles. The molecule has 0 radical (unpaired) electrons. The zero-order valence-corrected chi connectivity index (χ0v) is 14.8. The van der Waals surface area contributed by atoms with Gasteiger partial charge in [0.15, 0.2) is 0 Å². The average molecular weight is 341 g/mol. The van der Waals surface area contributed by atoms with Crippen LogP contribution in [-0.2, 0) is 9.59 Å². The molecule has 3 aliphatic rings. The monoisotopic (exact) mass is 341 g/mol. The van der Waals surface area contributed by atoms with Crippen LogP contribution in [0.3, 0.4) is 0 Å². The Labute approximate surface area is 149 Å².